The van der Waals surface area contributed by atoms with E-state index in [-0.39, 0.29) is 22.2 Å². The fourth-order valence-corrected chi connectivity index (χ4v) is 19.6. The molecule has 6 atom stereocenters. The molecule has 0 bridgehead atoms. The summed E-state index contributed by atoms with van der Waals surface area (Å²) in [6.07, 6.45) is 11.7. The SMILES string of the molecule is C=C/C=C1\C2=C(C)C34C5=C6C(=CC5C)C5Cc7c8cc9cc%10c%11c%12c%13c(c2c2c%14c%15c(c6c5c5c7c8c6c9c(c%10%12)c(c%13%14)c6c5%15)C23C4(CCCC(=O)OC)c2ccccc2)C1C%11. The van der Waals surface area contributed by atoms with Crippen molar-refractivity contribution in [1.82, 2.24) is 0 Å². The summed E-state index contributed by atoms with van der Waals surface area (Å²) < 4.78 is 5.39. The molecule has 1 fully saturated rings. The van der Waals surface area contributed by atoms with Crippen LogP contribution < -0.4 is 0 Å². The number of rotatable bonds is 6. The molecule has 9 aliphatic carbocycles. The van der Waals surface area contributed by atoms with Gasteiger partial charge < -0.3 is 4.74 Å². The summed E-state index contributed by atoms with van der Waals surface area (Å²) in [4.78, 5) is 13.2. The minimum Gasteiger partial charge on any atom is -0.469 e. The second-order valence-corrected chi connectivity index (χ2v) is 21.3. The quantitative estimate of drug-likeness (QED) is 0.0955. The van der Waals surface area contributed by atoms with Crippen molar-refractivity contribution in [3.05, 3.63) is 140 Å². The van der Waals surface area contributed by atoms with E-state index in [9.17, 15) is 4.79 Å². The van der Waals surface area contributed by atoms with Crippen molar-refractivity contribution in [1.29, 1.82) is 0 Å². The van der Waals surface area contributed by atoms with Gasteiger partial charge in [0.15, 0.2) is 0 Å². The Morgan fingerprint density at radius 3 is 2.05 bits per heavy atom. The second-order valence-electron chi connectivity index (χ2n) is 21.3. The van der Waals surface area contributed by atoms with Crippen molar-refractivity contribution in [3.63, 3.8) is 0 Å². The molecule has 0 aliphatic heterocycles. The molecule has 2 nitrogen and oxygen atoms in total. The zero-order valence-electron chi connectivity index (χ0n) is 34.1. The van der Waals surface area contributed by atoms with Crippen molar-refractivity contribution < 1.29 is 9.53 Å². The first kappa shape index (κ1) is 29.1. The maximum absolute atomic E-state index is 13.2. The van der Waals surface area contributed by atoms with E-state index < -0.39 is 0 Å². The van der Waals surface area contributed by atoms with Gasteiger partial charge in [-0.1, -0.05) is 67.6 Å². The average molecular weight is 775 g/mol. The van der Waals surface area contributed by atoms with Crippen molar-refractivity contribution in [2.75, 3.05) is 7.11 Å². The maximum atomic E-state index is 13.2. The van der Waals surface area contributed by atoms with Gasteiger partial charge in [-0.05, 0) is 226 Å². The minimum absolute atomic E-state index is 0.0973. The number of esters is 1. The second kappa shape index (κ2) is 7.77. The van der Waals surface area contributed by atoms with E-state index in [1.165, 1.54) is 21.9 Å². The third-order valence-corrected chi connectivity index (χ3v) is 20.4. The molecular weight excluding hydrogens is 741 g/mol. The minimum atomic E-state index is -0.280. The van der Waals surface area contributed by atoms with Crippen LogP contribution in [0.5, 0.6) is 0 Å². The van der Waals surface area contributed by atoms with Gasteiger partial charge in [-0.15, -0.1) is 0 Å². The first-order chi connectivity index (χ1) is 30.0. The molecule has 11 aromatic rings. The van der Waals surface area contributed by atoms with E-state index in [1.54, 1.807) is 166 Å². The van der Waals surface area contributed by atoms with Crippen LogP contribution in [-0.4, -0.2) is 13.1 Å². The molecule has 0 radical (unpaired) electrons. The van der Waals surface area contributed by atoms with Crippen LogP contribution in [-0.2, 0) is 33.2 Å². The molecule has 1 spiro atoms. The third-order valence-electron chi connectivity index (χ3n) is 20.4. The molecule has 0 aromatic heterocycles. The lowest BCUT2D eigenvalue weighted by Crippen LogP contribution is -2.31. The lowest BCUT2D eigenvalue weighted by molar-refractivity contribution is -0.140. The first-order valence-corrected chi connectivity index (χ1v) is 23.0. The number of allylic oxidation sites excluding steroid dienone is 9. The molecule has 6 unspecified atom stereocenters. The largest absolute Gasteiger partial charge is 0.469 e. The predicted octanol–water partition coefficient (Wildman–Crippen LogP) is 13.6. The molecule has 0 amide bonds. The van der Waals surface area contributed by atoms with Gasteiger partial charge in [0.2, 0.25) is 0 Å². The van der Waals surface area contributed by atoms with Crippen LogP contribution in [0.3, 0.4) is 0 Å². The van der Waals surface area contributed by atoms with Crippen LogP contribution in [0.15, 0.2) is 89.6 Å². The van der Waals surface area contributed by atoms with Gasteiger partial charge in [0.05, 0.1) is 7.11 Å². The number of hydrogen-bond donors (Lipinski definition) is 0. The van der Waals surface area contributed by atoms with Crippen molar-refractivity contribution in [3.8, 4) is 0 Å². The van der Waals surface area contributed by atoms with Crippen molar-refractivity contribution >= 4 is 114 Å². The fourth-order valence-electron chi connectivity index (χ4n) is 19.6. The van der Waals surface area contributed by atoms with E-state index in [4.69, 9.17) is 4.74 Å². The summed E-state index contributed by atoms with van der Waals surface area (Å²) in [6.45, 7) is 9.59. The van der Waals surface area contributed by atoms with Gasteiger partial charge >= 0.3 is 5.97 Å². The maximum Gasteiger partial charge on any atom is 0.305 e. The van der Waals surface area contributed by atoms with Crippen LogP contribution >= 0.6 is 0 Å². The van der Waals surface area contributed by atoms with E-state index in [2.05, 4.69) is 81.1 Å². The van der Waals surface area contributed by atoms with Gasteiger partial charge in [0.25, 0.3) is 0 Å². The Morgan fingerprint density at radius 2 is 1.38 bits per heavy atom. The zero-order chi connectivity index (χ0) is 39.2. The van der Waals surface area contributed by atoms with Crippen molar-refractivity contribution in [2.45, 2.75) is 68.6 Å². The van der Waals surface area contributed by atoms with Crippen LogP contribution in [0, 0.1) is 11.3 Å². The van der Waals surface area contributed by atoms with Crippen molar-refractivity contribution in [2.24, 2.45) is 11.3 Å². The number of carbonyl (C=O) groups is 1. The monoisotopic (exact) mass is 774 g/mol. The number of methoxy groups -OCH3 is 1. The number of ether oxygens (including phenoxy) is 1. The average Bonchev–Trinajstić information content (AvgIpc) is 3.83. The molecule has 2 heteroatoms. The third kappa shape index (κ3) is 2.05. The topological polar surface area (TPSA) is 26.3 Å². The fraction of sp³-hybridized carbons (Fsp3) is 0.237. The number of hydrogen-bond acceptors (Lipinski definition) is 2. The summed E-state index contributed by atoms with van der Waals surface area (Å²) in [6, 6.07) is 17.1. The van der Waals surface area contributed by atoms with E-state index in [1.807, 2.05) is 0 Å². The van der Waals surface area contributed by atoms with Gasteiger partial charge in [0, 0.05) is 34.5 Å². The van der Waals surface area contributed by atoms with Crippen LogP contribution in [0.1, 0.15) is 95.0 Å². The normalized spacial score (nSPS) is 30.4. The van der Waals surface area contributed by atoms with Crippen LogP contribution in [0.2, 0.25) is 0 Å². The number of benzene rings is 8. The smallest absolute Gasteiger partial charge is 0.305 e. The van der Waals surface area contributed by atoms with Gasteiger partial charge in [-0.25, -0.2) is 0 Å². The predicted molar refractivity (Wildman–Crippen MR) is 247 cm³/mol. The number of carbonyl (C=O) groups excluding carboxylic acids is 1. The molecule has 0 N–H and O–H groups in total. The van der Waals surface area contributed by atoms with Gasteiger partial charge in [-0.3, -0.25) is 4.79 Å². The highest BCUT2D eigenvalue weighted by Gasteiger charge is 2.94. The molecule has 11 aromatic carbocycles. The lowest BCUT2D eigenvalue weighted by Gasteiger charge is -2.40. The van der Waals surface area contributed by atoms with E-state index in [0.29, 0.717) is 24.2 Å². The van der Waals surface area contributed by atoms with E-state index in [0.717, 1.165) is 25.7 Å². The Labute approximate surface area is 348 Å². The van der Waals surface area contributed by atoms with Crippen LogP contribution in [0.25, 0.3) is 108 Å². The summed E-state index contributed by atoms with van der Waals surface area (Å²) in [5.41, 5.74) is 23.4. The van der Waals surface area contributed by atoms with Gasteiger partial charge in [-0.2, -0.15) is 0 Å². The Morgan fingerprint density at radius 1 is 0.754 bits per heavy atom. The molecule has 1 saturated carbocycles. The molecule has 282 valence electrons. The number of fused-ring (bicyclic) bond motifs is 3. The molecule has 0 heterocycles. The van der Waals surface area contributed by atoms with Gasteiger partial charge in [0.1, 0.15) is 0 Å². The Bertz CT molecular complexity index is 4350. The summed E-state index contributed by atoms with van der Waals surface area (Å²) in [5.74, 6) is 0.936. The lowest BCUT2D eigenvalue weighted by atomic mass is 9.61. The van der Waals surface area contributed by atoms with E-state index >= 15 is 0 Å². The highest BCUT2D eigenvalue weighted by molar-refractivity contribution is 6.62. The molecule has 0 saturated heterocycles. The summed E-state index contributed by atoms with van der Waals surface area (Å²) in [5, 5.41) is 28.6. The standard InChI is InChI=1S/C59H34O2/c1-5-10-24-28-18-30-26-16-22-17-27-31-19-29-25-15-20(2)54-41(25)51-40(29)45-38(31)36(27)43-34(22)42-35(26)37(30)44-39(28)50-33(24)21(3)58(54)57(14-9-13-32(60)61-4,23-11-7-6-8-12-23)59(58)55(50)52-48(44)46(42)47(43)49(45)53(52)56(51)59/h5-8,10-12,15-17,20,28-29H,1,9,13-14,18-19H2,2-4H3/b24-10-. The molecule has 61 heavy (non-hydrogen) atoms. The molecule has 9 aliphatic rings. The summed E-state index contributed by atoms with van der Waals surface area (Å²) >= 11 is 0. The molecular formula is C59H34O2. The highest BCUT2D eigenvalue weighted by Crippen LogP contribution is 2.97. The first-order valence-electron chi connectivity index (χ1n) is 23.0. The Hall–Kier alpha value is -6.25. The zero-order valence-corrected chi connectivity index (χ0v) is 34.1. The highest BCUT2D eigenvalue weighted by atomic mass is 16.5. The Kier molecular flexibility index (Phi) is 3.70. The van der Waals surface area contributed by atoms with Crippen LogP contribution in [0.4, 0.5) is 0 Å². The molecule has 20 rings (SSSR count). The summed E-state index contributed by atoms with van der Waals surface area (Å²) in [7, 11) is 1.56. The Balaban J connectivity index is 1.15.